The molecule has 5 rings (SSSR count). The first-order chi connectivity index (χ1) is 24.6. The number of nitrogens with zero attached hydrogens (tertiary/aromatic N) is 1. The highest BCUT2D eigenvalue weighted by Gasteiger charge is 2.35. The molecule has 9 N–H and O–H groups in total. The van der Waals surface area contributed by atoms with Crippen LogP contribution in [0.1, 0.15) is 80.7 Å². The largest absolute Gasteiger partial charge is 0.508 e. The van der Waals surface area contributed by atoms with Crippen LogP contribution >= 0.6 is 15.9 Å². The number of phenols is 1. The number of benzene rings is 3. The molecular formula is C38H46BrN5O8. The van der Waals surface area contributed by atoms with Gasteiger partial charge in [0.2, 0.25) is 5.91 Å². The number of ether oxygens (including phenoxy) is 1. The lowest BCUT2D eigenvalue weighted by molar-refractivity contribution is -0.144. The third kappa shape index (κ3) is 9.42. The first kappa shape index (κ1) is 38.6. The van der Waals surface area contributed by atoms with Crippen molar-refractivity contribution in [1.82, 2.24) is 15.6 Å². The third-order valence-corrected chi connectivity index (χ3v) is 9.54. The second-order valence-corrected chi connectivity index (χ2v) is 15.0. The van der Waals surface area contributed by atoms with E-state index in [1.165, 1.54) is 19.2 Å². The maximum atomic E-state index is 13.6. The summed E-state index contributed by atoms with van der Waals surface area (Å²) in [5.74, 6) is -2.31. The van der Waals surface area contributed by atoms with Gasteiger partial charge < -0.3 is 51.2 Å². The topological polar surface area (TPSA) is 209 Å². The van der Waals surface area contributed by atoms with Crippen molar-refractivity contribution in [2.45, 2.75) is 69.8 Å². The number of halogens is 1. The van der Waals surface area contributed by atoms with E-state index in [-0.39, 0.29) is 37.0 Å². The zero-order valence-corrected chi connectivity index (χ0v) is 31.1. The number of guanidine groups is 1. The van der Waals surface area contributed by atoms with E-state index >= 15 is 0 Å². The van der Waals surface area contributed by atoms with Crippen molar-refractivity contribution in [2.75, 3.05) is 25.5 Å². The summed E-state index contributed by atoms with van der Waals surface area (Å²) in [5, 5.41) is 62.8. The lowest BCUT2D eigenvalue weighted by Crippen LogP contribution is -2.42. The number of aromatic amines is 1. The minimum Gasteiger partial charge on any atom is -0.508 e. The number of carbonyl (C=O) groups excluding carboxylic acids is 1. The van der Waals surface area contributed by atoms with Crippen LogP contribution in [-0.2, 0) is 15.0 Å². The second kappa shape index (κ2) is 16.4. The highest BCUT2D eigenvalue weighted by Crippen LogP contribution is 2.39. The summed E-state index contributed by atoms with van der Waals surface area (Å²) in [6.45, 7) is 6.61. The fraction of sp³-hybridized carbons (Fsp3) is 0.395. The number of nitrogens with one attached hydrogen (secondary N) is 4. The van der Waals surface area contributed by atoms with Gasteiger partial charge in [-0.25, -0.2) is 0 Å². The van der Waals surface area contributed by atoms with Gasteiger partial charge in [0, 0.05) is 40.1 Å². The number of aromatic nitrogens is 1. The van der Waals surface area contributed by atoms with Crippen LogP contribution in [0.25, 0.3) is 10.9 Å². The van der Waals surface area contributed by atoms with Gasteiger partial charge in [-0.2, -0.15) is 0 Å². The summed E-state index contributed by atoms with van der Waals surface area (Å²) >= 11 is 3.56. The number of aliphatic imine (C=N–C) groups is 1. The van der Waals surface area contributed by atoms with Gasteiger partial charge in [0.15, 0.2) is 5.96 Å². The Hall–Kier alpha value is -4.63. The number of methoxy groups -OCH3 is 1. The van der Waals surface area contributed by atoms with Crippen LogP contribution in [0.5, 0.6) is 11.5 Å². The van der Waals surface area contributed by atoms with Crippen LogP contribution in [-0.4, -0.2) is 74.7 Å². The normalized spacial score (nSPS) is 17.0. The van der Waals surface area contributed by atoms with Crippen LogP contribution < -0.4 is 20.7 Å². The number of carbonyl (C=O) groups is 2. The van der Waals surface area contributed by atoms with Crippen LogP contribution in [0.15, 0.2) is 70.1 Å². The van der Waals surface area contributed by atoms with Crippen molar-refractivity contribution in [3.05, 3.63) is 87.5 Å². The van der Waals surface area contributed by atoms with Gasteiger partial charge in [-0.15, -0.1) is 0 Å². The Morgan fingerprint density at radius 3 is 2.48 bits per heavy atom. The lowest BCUT2D eigenvalue weighted by atomic mass is 9.82. The standard InChI is InChI=1S/C38H46BrN5O8/c1-38(2,3)22-11-21(12-23(39)15-22)33(28(36(50)51)17-31(48)34-35(52-4)27-7-5-6-8-29(27)43-34)44-32(49)10-9-30(47)20-13-24(16-25(45)14-20)42-37-40-18-26(46)19-41-37/h5-8,11-16,26,28,30-31,33,43,45-48H,9-10,17-19H2,1-4H3,(H,44,49)(H,50,51)(H2,40,41,42)/t28-,30?,31?,33?/m0/s1. The predicted octanol–water partition coefficient (Wildman–Crippen LogP) is 5.17. The van der Waals surface area contributed by atoms with Gasteiger partial charge in [0.05, 0.1) is 49.6 Å². The summed E-state index contributed by atoms with van der Waals surface area (Å²) in [6.07, 6.45) is -3.50. The maximum Gasteiger partial charge on any atom is 0.309 e. The maximum absolute atomic E-state index is 13.6. The molecule has 4 unspecified atom stereocenters. The third-order valence-electron chi connectivity index (χ3n) is 9.08. The quantitative estimate of drug-likeness (QED) is 0.0870. The van der Waals surface area contributed by atoms with Gasteiger partial charge in [-0.1, -0.05) is 54.9 Å². The van der Waals surface area contributed by atoms with E-state index in [2.05, 4.69) is 41.9 Å². The number of phenolic OH excluding ortho intramolecular Hbond substituents is 1. The number of hydrogen-bond donors (Lipinski definition) is 9. The monoisotopic (exact) mass is 779 g/mol. The van der Waals surface area contributed by atoms with Gasteiger partial charge in [-0.05, 0) is 71.3 Å². The minimum atomic E-state index is -1.28. The van der Waals surface area contributed by atoms with Crippen molar-refractivity contribution in [3.8, 4) is 11.5 Å². The lowest BCUT2D eigenvalue weighted by Gasteiger charge is -2.29. The molecule has 3 aromatic carbocycles. The molecule has 5 atom stereocenters. The number of H-pyrrole nitrogens is 1. The SMILES string of the molecule is COc1c(C(O)C[C@H](C(=O)O)C(NC(=O)CCC(O)c2cc(O)cc(NC3=NCC(O)CN3)c2)c2cc(Br)cc(C(C)(C)C)c2)[nH]c2ccccc12. The molecule has 1 aliphatic rings. The Morgan fingerprint density at radius 1 is 1.06 bits per heavy atom. The number of aliphatic carboxylic acids is 1. The molecule has 2 heterocycles. The van der Waals surface area contributed by atoms with E-state index in [0.717, 1.165) is 16.5 Å². The van der Waals surface area contributed by atoms with E-state index in [9.17, 15) is 35.1 Å². The number of rotatable bonds is 13. The van der Waals surface area contributed by atoms with Crippen LogP contribution in [0.2, 0.25) is 0 Å². The van der Waals surface area contributed by atoms with Gasteiger partial charge in [0.25, 0.3) is 0 Å². The Labute approximate surface area is 310 Å². The smallest absolute Gasteiger partial charge is 0.309 e. The highest BCUT2D eigenvalue weighted by atomic mass is 79.9. The number of fused-ring (bicyclic) bond motifs is 1. The number of carboxylic acid groups (broad SMARTS) is 1. The van der Waals surface area contributed by atoms with Crippen LogP contribution in [0.3, 0.4) is 0 Å². The number of para-hydroxylation sites is 1. The van der Waals surface area contributed by atoms with E-state index < -0.39 is 42.1 Å². The Morgan fingerprint density at radius 2 is 1.81 bits per heavy atom. The summed E-state index contributed by atoms with van der Waals surface area (Å²) in [4.78, 5) is 34.0. The molecular weight excluding hydrogens is 734 g/mol. The number of β-amino-alcohol motifs (C(OH)–C–C–N with tert-alkyl or cyclic N) is 1. The van der Waals surface area contributed by atoms with Crippen molar-refractivity contribution in [3.63, 3.8) is 0 Å². The first-order valence-electron chi connectivity index (χ1n) is 17.0. The molecule has 0 fully saturated rings. The molecule has 0 saturated carbocycles. The summed E-state index contributed by atoms with van der Waals surface area (Å²) in [6, 6.07) is 16.3. The molecule has 52 heavy (non-hydrogen) atoms. The number of aliphatic hydroxyl groups excluding tert-OH is 3. The minimum absolute atomic E-state index is 0.0365. The summed E-state index contributed by atoms with van der Waals surface area (Å²) in [7, 11) is 1.48. The van der Waals surface area contributed by atoms with Gasteiger partial charge in [-0.3, -0.25) is 14.6 Å². The van der Waals surface area contributed by atoms with Crippen molar-refractivity contribution >= 4 is 50.4 Å². The van der Waals surface area contributed by atoms with E-state index in [0.29, 0.717) is 45.2 Å². The zero-order chi connectivity index (χ0) is 37.7. The summed E-state index contributed by atoms with van der Waals surface area (Å²) in [5.41, 5.74) is 2.99. The molecule has 4 aromatic rings. The molecule has 0 bridgehead atoms. The van der Waals surface area contributed by atoms with E-state index in [1.54, 1.807) is 12.1 Å². The molecule has 0 radical (unpaired) electrons. The first-order valence-corrected chi connectivity index (χ1v) is 17.8. The van der Waals surface area contributed by atoms with Crippen molar-refractivity contribution < 1.29 is 39.9 Å². The molecule has 1 aromatic heterocycles. The zero-order valence-electron chi connectivity index (χ0n) is 29.5. The molecule has 278 valence electrons. The molecule has 13 nitrogen and oxygen atoms in total. The molecule has 0 spiro atoms. The average molecular weight is 781 g/mol. The average Bonchev–Trinajstić information content (AvgIpc) is 3.47. The molecule has 1 amide bonds. The highest BCUT2D eigenvalue weighted by molar-refractivity contribution is 9.10. The van der Waals surface area contributed by atoms with E-state index in [4.69, 9.17) is 4.74 Å². The molecule has 0 saturated heterocycles. The van der Waals surface area contributed by atoms with Crippen LogP contribution in [0.4, 0.5) is 5.69 Å². The fourth-order valence-electron chi connectivity index (χ4n) is 6.30. The molecule has 0 aliphatic carbocycles. The fourth-order valence-corrected chi connectivity index (χ4v) is 6.81. The van der Waals surface area contributed by atoms with Crippen molar-refractivity contribution in [1.29, 1.82) is 0 Å². The number of amides is 1. The summed E-state index contributed by atoms with van der Waals surface area (Å²) < 4.78 is 6.31. The Kier molecular flexibility index (Phi) is 12.1. The van der Waals surface area contributed by atoms with Gasteiger partial charge in [0.1, 0.15) is 11.5 Å². The number of aliphatic hydroxyl groups is 3. The van der Waals surface area contributed by atoms with Crippen LogP contribution in [0, 0.1) is 5.92 Å². The van der Waals surface area contributed by atoms with E-state index in [1.807, 2.05) is 57.2 Å². The number of hydrogen-bond acceptors (Lipinski definition) is 10. The van der Waals surface area contributed by atoms with Gasteiger partial charge >= 0.3 is 5.97 Å². The number of aromatic hydroxyl groups is 1. The Balaban J connectivity index is 1.38. The molecule has 1 aliphatic heterocycles. The second-order valence-electron chi connectivity index (χ2n) is 14.1. The van der Waals surface area contributed by atoms with Crippen molar-refractivity contribution in [2.24, 2.45) is 10.9 Å². The number of anilines is 1. The number of carboxylic acids is 1. The predicted molar refractivity (Wildman–Crippen MR) is 202 cm³/mol. The molecule has 14 heteroatoms. The Bertz CT molecular complexity index is 1940.